The van der Waals surface area contributed by atoms with E-state index in [1.165, 1.54) is 0 Å². The normalized spacial score (nSPS) is 23.3. The van der Waals surface area contributed by atoms with Gasteiger partial charge in [-0.3, -0.25) is 14.5 Å². The van der Waals surface area contributed by atoms with Crippen LogP contribution in [0.3, 0.4) is 0 Å². The van der Waals surface area contributed by atoms with Gasteiger partial charge in [0, 0.05) is 6.54 Å². The van der Waals surface area contributed by atoms with Crippen LogP contribution in [0.4, 0.5) is 4.79 Å². The summed E-state index contributed by atoms with van der Waals surface area (Å²) in [6, 6.07) is 18.6. The van der Waals surface area contributed by atoms with Crippen LogP contribution in [0.25, 0.3) is 10.8 Å². The van der Waals surface area contributed by atoms with E-state index in [2.05, 4.69) is 5.32 Å². The van der Waals surface area contributed by atoms with Crippen molar-refractivity contribution in [2.45, 2.75) is 31.3 Å². The van der Waals surface area contributed by atoms with Crippen molar-refractivity contribution in [1.29, 1.82) is 0 Å². The molecule has 0 saturated carbocycles. The van der Waals surface area contributed by atoms with E-state index in [1.54, 1.807) is 11.8 Å². The number of hydrogen-bond acceptors (Lipinski definition) is 5. The minimum atomic E-state index is -1.23. The van der Waals surface area contributed by atoms with Crippen LogP contribution in [0.1, 0.15) is 36.9 Å². The lowest BCUT2D eigenvalue weighted by Gasteiger charge is -2.28. The second-order valence-corrected chi connectivity index (χ2v) is 9.66. The molecule has 0 spiro atoms. The molecule has 36 heavy (non-hydrogen) atoms. The molecule has 2 saturated heterocycles. The van der Waals surface area contributed by atoms with Gasteiger partial charge in [0.1, 0.15) is 25.3 Å². The zero-order valence-corrected chi connectivity index (χ0v) is 20.0. The molecular weight excluding hydrogens is 458 g/mol. The van der Waals surface area contributed by atoms with Gasteiger partial charge in [0.15, 0.2) is 11.5 Å². The number of nitrogens with one attached hydrogen (secondary N) is 1. The molecule has 3 aromatic rings. The fourth-order valence-electron chi connectivity index (χ4n) is 5.44. The maximum atomic E-state index is 13.5. The maximum absolute atomic E-state index is 13.5. The summed E-state index contributed by atoms with van der Waals surface area (Å²) in [6.45, 7) is 2.98. The van der Waals surface area contributed by atoms with E-state index in [0.29, 0.717) is 36.8 Å². The minimum absolute atomic E-state index is 0.138. The van der Waals surface area contributed by atoms with Crippen molar-refractivity contribution in [3.63, 3.8) is 0 Å². The molecule has 0 aliphatic carbocycles. The van der Waals surface area contributed by atoms with Crippen LogP contribution in [0.5, 0.6) is 11.5 Å². The number of urea groups is 1. The highest BCUT2D eigenvalue weighted by Gasteiger charge is 2.50. The van der Waals surface area contributed by atoms with Crippen LogP contribution in [0.2, 0.25) is 0 Å². The first-order valence-corrected chi connectivity index (χ1v) is 12.3. The second kappa shape index (κ2) is 8.55. The maximum Gasteiger partial charge on any atom is 0.325 e. The molecule has 2 unspecified atom stereocenters. The van der Waals surface area contributed by atoms with E-state index < -0.39 is 17.5 Å². The third kappa shape index (κ3) is 3.64. The molecule has 4 amide bonds. The molecule has 6 rings (SSSR count). The predicted octanol–water partition coefficient (Wildman–Crippen LogP) is 3.74. The van der Waals surface area contributed by atoms with Crippen molar-refractivity contribution in [2.75, 3.05) is 26.3 Å². The number of ether oxygens (including phenoxy) is 2. The Morgan fingerprint density at radius 1 is 1.00 bits per heavy atom. The summed E-state index contributed by atoms with van der Waals surface area (Å²) < 4.78 is 11.3. The number of benzene rings is 3. The Balaban J connectivity index is 1.21. The van der Waals surface area contributed by atoms with Gasteiger partial charge >= 0.3 is 6.03 Å². The molecule has 0 aromatic heterocycles. The number of fused-ring (bicyclic) bond motifs is 2. The van der Waals surface area contributed by atoms with E-state index >= 15 is 0 Å². The SMILES string of the molecule is CC1(c2ccc3ccccc3c2)NC(=O)N(CC(=O)N2CCCC2c2ccc3c(c2)OCCO3)C1=O. The van der Waals surface area contributed by atoms with Gasteiger partial charge in [0.2, 0.25) is 5.91 Å². The molecule has 3 aliphatic heterocycles. The van der Waals surface area contributed by atoms with E-state index in [4.69, 9.17) is 9.47 Å². The van der Waals surface area contributed by atoms with Crippen molar-refractivity contribution in [3.8, 4) is 11.5 Å². The van der Waals surface area contributed by atoms with Crippen molar-refractivity contribution < 1.29 is 23.9 Å². The smallest absolute Gasteiger partial charge is 0.325 e. The Kier molecular flexibility index (Phi) is 5.32. The third-order valence-electron chi connectivity index (χ3n) is 7.42. The zero-order valence-electron chi connectivity index (χ0n) is 20.0. The Bertz CT molecular complexity index is 1390. The Morgan fingerprint density at radius 3 is 2.61 bits per heavy atom. The first-order chi connectivity index (χ1) is 17.4. The topological polar surface area (TPSA) is 88.2 Å². The van der Waals surface area contributed by atoms with Gasteiger partial charge in [-0.1, -0.05) is 42.5 Å². The summed E-state index contributed by atoms with van der Waals surface area (Å²) in [5, 5.41) is 4.85. The Morgan fingerprint density at radius 2 is 1.78 bits per heavy atom. The molecule has 8 nitrogen and oxygen atoms in total. The van der Waals surface area contributed by atoms with Gasteiger partial charge in [-0.25, -0.2) is 4.79 Å². The van der Waals surface area contributed by atoms with Gasteiger partial charge in [0.25, 0.3) is 5.91 Å². The number of hydrogen-bond donors (Lipinski definition) is 1. The van der Waals surface area contributed by atoms with Gasteiger partial charge in [-0.05, 0) is 59.9 Å². The van der Waals surface area contributed by atoms with Gasteiger partial charge < -0.3 is 19.7 Å². The number of imide groups is 1. The van der Waals surface area contributed by atoms with E-state index in [-0.39, 0.29) is 18.5 Å². The largest absolute Gasteiger partial charge is 0.486 e. The summed E-state index contributed by atoms with van der Waals surface area (Å²) in [7, 11) is 0. The van der Waals surface area contributed by atoms with Crippen LogP contribution < -0.4 is 14.8 Å². The van der Waals surface area contributed by atoms with E-state index in [0.717, 1.165) is 34.1 Å². The van der Waals surface area contributed by atoms with Crippen LogP contribution in [0, 0.1) is 0 Å². The number of carbonyl (C=O) groups excluding carboxylic acids is 3. The Labute approximate surface area is 208 Å². The predicted molar refractivity (Wildman–Crippen MR) is 133 cm³/mol. The fourth-order valence-corrected chi connectivity index (χ4v) is 5.44. The summed E-state index contributed by atoms with van der Waals surface area (Å²) in [5.74, 6) is 0.705. The lowest BCUT2D eigenvalue weighted by atomic mass is 9.90. The average Bonchev–Trinajstić information content (AvgIpc) is 3.48. The molecular formula is C28H27N3O5. The molecule has 3 aromatic carbocycles. The standard InChI is InChI=1S/C28H27N3O5/c1-28(21-10-8-18-5-2-3-6-19(18)15-21)26(33)31(27(34)29-28)17-25(32)30-12-4-7-22(30)20-9-11-23-24(16-20)36-14-13-35-23/h2-3,5-6,8-11,15-16,22H,4,7,12-14,17H2,1H3,(H,29,34). The second-order valence-electron chi connectivity index (χ2n) is 9.66. The van der Waals surface area contributed by atoms with E-state index in [1.807, 2.05) is 60.7 Å². The molecule has 184 valence electrons. The lowest BCUT2D eigenvalue weighted by Crippen LogP contribution is -2.44. The summed E-state index contributed by atoms with van der Waals surface area (Å²) in [4.78, 5) is 42.6. The quantitative estimate of drug-likeness (QED) is 0.569. The minimum Gasteiger partial charge on any atom is -0.486 e. The van der Waals surface area contributed by atoms with Crippen molar-refractivity contribution in [3.05, 3.63) is 71.8 Å². The molecule has 3 heterocycles. The number of amides is 4. The molecule has 0 bridgehead atoms. The highest BCUT2D eigenvalue weighted by atomic mass is 16.6. The van der Waals surface area contributed by atoms with E-state index in [9.17, 15) is 14.4 Å². The first-order valence-electron chi connectivity index (χ1n) is 12.3. The van der Waals surface area contributed by atoms with Crippen LogP contribution in [-0.4, -0.2) is 53.9 Å². The highest BCUT2D eigenvalue weighted by molar-refractivity contribution is 6.09. The lowest BCUT2D eigenvalue weighted by molar-refractivity contribution is -0.139. The van der Waals surface area contributed by atoms with Gasteiger partial charge in [-0.2, -0.15) is 0 Å². The number of likely N-dealkylation sites (tertiary alicyclic amines) is 1. The van der Waals surface area contributed by atoms with Crippen molar-refractivity contribution in [1.82, 2.24) is 15.1 Å². The number of nitrogens with zero attached hydrogens (tertiary/aromatic N) is 2. The molecule has 1 N–H and O–H groups in total. The average molecular weight is 486 g/mol. The molecule has 2 atom stereocenters. The third-order valence-corrected chi connectivity index (χ3v) is 7.42. The zero-order chi connectivity index (χ0) is 24.9. The molecule has 0 radical (unpaired) electrons. The monoisotopic (exact) mass is 485 g/mol. The van der Waals surface area contributed by atoms with Crippen LogP contribution in [0.15, 0.2) is 60.7 Å². The fraction of sp³-hybridized carbons (Fsp3) is 0.321. The summed E-state index contributed by atoms with van der Waals surface area (Å²) in [6.07, 6.45) is 1.65. The molecule has 3 aliphatic rings. The number of carbonyl (C=O) groups is 3. The highest BCUT2D eigenvalue weighted by Crippen LogP contribution is 2.38. The molecule has 2 fully saturated rings. The van der Waals surface area contributed by atoms with Crippen LogP contribution in [-0.2, 0) is 15.1 Å². The van der Waals surface area contributed by atoms with Crippen molar-refractivity contribution >= 4 is 28.6 Å². The molecule has 8 heteroatoms. The van der Waals surface area contributed by atoms with Crippen LogP contribution >= 0.6 is 0 Å². The first kappa shape index (κ1) is 22.4. The summed E-state index contributed by atoms with van der Waals surface area (Å²) in [5.41, 5.74) is 0.412. The number of rotatable bonds is 4. The van der Waals surface area contributed by atoms with Gasteiger partial charge in [-0.15, -0.1) is 0 Å². The van der Waals surface area contributed by atoms with Crippen molar-refractivity contribution in [2.24, 2.45) is 0 Å². The summed E-state index contributed by atoms with van der Waals surface area (Å²) >= 11 is 0. The Hall–Kier alpha value is -4.07. The van der Waals surface area contributed by atoms with Gasteiger partial charge in [0.05, 0.1) is 6.04 Å².